The molecule has 2 aromatic rings. The van der Waals surface area contributed by atoms with Crippen molar-refractivity contribution in [2.24, 2.45) is 5.73 Å². The van der Waals surface area contributed by atoms with Gasteiger partial charge in [-0.3, -0.25) is 4.79 Å². The highest BCUT2D eigenvalue weighted by atomic mass is 16.1. The van der Waals surface area contributed by atoms with Gasteiger partial charge in [0.25, 0.3) is 5.91 Å². The van der Waals surface area contributed by atoms with Gasteiger partial charge in [0.15, 0.2) is 0 Å². The number of carbonyl (C=O) groups is 1. The highest BCUT2D eigenvalue weighted by Crippen LogP contribution is 2.11. The fourth-order valence-electron chi connectivity index (χ4n) is 1.79. The van der Waals surface area contributed by atoms with Crippen LogP contribution in [0.2, 0.25) is 0 Å². The molecular formula is C16H16N4O. The Morgan fingerprint density at radius 2 is 2.24 bits per heavy atom. The summed E-state index contributed by atoms with van der Waals surface area (Å²) in [7, 11) is 0. The lowest BCUT2D eigenvalue weighted by Gasteiger charge is -2.08. The number of nitrogens with two attached hydrogens (primary N) is 1. The third kappa shape index (κ3) is 4.13. The Labute approximate surface area is 123 Å². The molecule has 0 saturated heterocycles. The van der Waals surface area contributed by atoms with Crippen LogP contribution in [-0.4, -0.2) is 22.4 Å². The molecule has 0 atom stereocenters. The van der Waals surface area contributed by atoms with E-state index in [-0.39, 0.29) is 5.91 Å². The van der Waals surface area contributed by atoms with Gasteiger partial charge in [-0.05, 0) is 30.7 Å². The Hall–Kier alpha value is -2.71. The van der Waals surface area contributed by atoms with E-state index < -0.39 is 0 Å². The van der Waals surface area contributed by atoms with Crippen molar-refractivity contribution in [3.8, 4) is 11.8 Å². The summed E-state index contributed by atoms with van der Waals surface area (Å²) in [6.07, 6.45) is 3.10. The normalized spacial score (nSPS) is 9.62. The Bertz CT molecular complexity index is 686. The minimum atomic E-state index is -0.150. The van der Waals surface area contributed by atoms with Crippen LogP contribution in [0.4, 0.5) is 0 Å². The summed E-state index contributed by atoms with van der Waals surface area (Å²) in [6, 6.07) is 7.28. The van der Waals surface area contributed by atoms with E-state index in [4.69, 9.17) is 5.73 Å². The summed E-state index contributed by atoms with van der Waals surface area (Å²) in [5.41, 5.74) is 8.39. The number of hydrogen-bond acceptors (Lipinski definition) is 4. The molecule has 5 nitrogen and oxygen atoms in total. The van der Waals surface area contributed by atoms with Crippen LogP contribution in [0.1, 0.15) is 27.2 Å². The van der Waals surface area contributed by atoms with E-state index in [0.29, 0.717) is 18.7 Å². The Kier molecular flexibility index (Phi) is 5.02. The Morgan fingerprint density at radius 1 is 1.38 bits per heavy atom. The molecule has 1 amide bonds. The molecule has 0 aliphatic carbocycles. The van der Waals surface area contributed by atoms with Crippen LogP contribution in [0.15, 0.2) is 36.8 Å². The number of aromatic nitrogens is 2. The first-order chi connectivity index (χ1) is 10.2. The van der Waals surface area contributed by atoms with E-state index in [9.17, 15) is 4.79 Å². The van der Waals surface area contributed by atoms with Gasteiger partial charge >= 0.3 is 0 Å². The molecule has 21 heavy (non-hydrogen) atoms. The Balaban J connectivity index is 2.11. The first kappa shape index (κ1) is 14.7. The minimum Gasteiger partial charge on any atom is -0.346 e. The van der Waals surface area contributed by atoms with E-state index in [2.05, 4.69) is 27.1 Å². The molecule has 0 saturated carbocycles. The zero-order valence-electron chi connectivity index (χ0n) is 11.8. The van der Waals surface area contributed by atoms with Crippen molar-refractivity contribution in [2.45, 2.75) is 13.5 Å². The van der Waals surface area contributed by atoms with Crippen LogP contribution in [0.25, 0.3) is 0 Å². The smallest absolute Gasteiger partial charge is 0.251 e. The lowest BCUT2D eigenvalue weighted by atomic mass is 10.0. The summed E-state index contributed by atoms with van der Waals surface area (Å²) in [5, 5.41) is 2.84. The zero-order chi connectivity index (χ0) is 15.1. The molecule has 0 radical (unpaired) electrons. The van der Waals surface area contributed by atoms with E-state index in [1.807, 2.05) is 19.1 Å². The van der Waals surface area contributed by atoms with Crippen molar-refractivity contribution in [1.29, 1.82) is 0 Å². The standard InChI is InChI=1S/C16H16N4O/c1-12-4-5-13(3-2-7-17)9-15(12)16(21)19-10-14-6-8-18-11-20-14/h4-6,8-9,11H,7,10,17H2,1H3,(H,19,21). The third-order valence-corrected chi connectivity index (χ3v) is 2.89. The number of carbonyl (C=O) groups excluding carboxylic acids is 1. The van der Waals surface area contributed by atoms with Crippen LogP contribution < -0.4 is 11.1 Å². The van der Waals surface area contributed by atoms with Crippen molar-refractivity contribution in [3.05, 3.63) is 59.2 Å². The maximum absolute atomic E-state index is 12.2. The number of amides is 1. The van der Waals surface area contributed by atoms with Crippen LogP contribution in [0.5, 0.6) is 0 Å². The molecule has 0 fully saturated rings. The largest absolute Gasteiger partial charge is 0.346 e. The summed E-state index contributed by atoms with van der Waals surface area (Å²) in [4.78, 5) is 20.1. The number of nitrogens with one attached hydrogen (secondary N) is 1. The van der Waals surface area contributed by atoms with Crippen molar-refractivity contribution in [2.75, 3.05) is 6.54 Å². The maximum Gasteiger partial charge on any atom is 0.251 e. The molecule has 0 aliphatic rings. The quantitative estimate of drug-likeness (QED) is 0.823. The molecule has 0 spiro atoms. The van der Waals surface area contributed by atoms with Crippen molar-refractivity contribution >= 4 is 5.91 Å². The Morgan fingerprint density at radius 3 is 2.95 bits per heavy atom. The number of nitrogens with zero attached hydrogens (tertiary/aromatic N) is 2. The van der Waals surface area contributed by atoms with Crippen LogP contribution in [0, 0.1) is 18.8 Å². The second-order valence-electron chi connectivity index (χ2n) is 4.42. The predicted octanol–water partition coefficient (Wildman–Crippen LogP) is 1.03. The first-order valence-corrected chi connectivity index (χ1v) is 6.53. The van der Waals surface area contributed by atoms with E-state index in [1.165, 1.54) is 6.33 Å². The average Bonchev–Trinajstić information content (AvgIpc) is 2.53. The summed E-state index contributed by atoms with van der Waals surface area (Å²) < 4.78 is 0. The fourth-order valence-corrected chi connectivity index (χ4v) is 1.79. The molecule has 3 N–H and O–H groups in total. The molecule has 2 rings (SSSR count). The molecule has 1 heterocycles. The van der Waals surface area contributed by atoms with Gasteiger partial charge in [-0.2, -0.15) is 0 Å². The van der Waals surface area contributed by atoms with E-state index >= 15 is 0 Å². The maximum atomic E-state index is 12.2. The van der Waals surface area contributed by atoms with Crippen LogP contribution >= 0.6 is 0 Å². The highest BCUT2D eigenvalue weighted by molar-refractivity contribution is 5.95. The predicted molar refractivity (Wildman–Crippen MR) is 80.3 cm³/mol. The van der Waals surface area contributed by atoms with Gasteiger partial charge in [-0.1, -0.05) is 17.9 Å². The SMILES string of the molecule is Cc1ccc(C#CCN)cc1C(=O)NCc1ccncn1. The topological polar surface area (TPSA) is 80.9 Å². The third-order valence-electron chi connectivity index (χ3n) is 2.89. The number of rotatable bonds is 3. The number of benzene rings is 1. The highest BCUT2D eigenvalue weighted by Gasteiger charge is 2.09. The fraction of sp³-hybridized carbons (Fsp3) is 0.188. The van der Waals surface area contributed by atoms with Gasteiger partial charge in [0.05, 0.1) is 18.8 Å². The lowest BCUT2D eigenvalue weighted by Crippen LogP contribution is -2.24. The zero-order valence-corrected chi connectivity index (χ0v) is 11.8. The van der Waals surface area contributed by atoms with Crippen molar-refractivity contribution in [1.82, 2.24) is 15.3 Å². The van der Waals surface area contributed by atoms with Gasteiger partial charge in [0.1, 0.15) is 6.33 Å². The van der Waals surface area contributed by atoms with Gasteiger partial charge in [-0.25, -0.2) is 9.97 Å². The summed E-state index contributed by atoms with van der Waals surface area (Å²) in [6.45, 7) is 2.54. The van der Waals surface area contributed by atoms with Gasteiger partial charge in [0, 0.05) is 17.3 Å². The molecule has 0 unspecified atom stereocenters. The second kappa shape index (κ2) is 7.17. The molecular weight excluding hydrogens is 264 g/mol. The van der Waals surface area contributed by atoms with E-state index in [0.717, 1.165) is 16.8 Å². The first-order valence-electron chi connectivity index (χ1n) is 6.53. The van der Waals surface area contributed by atoms with Crippen LogP contribution in [-0.2, 0) is 6.54 Å². The minimum absolute atomic E-state index is 0.150. The average molecular weight is 280 g/mol. The molecule has 5 heteroatoms. The van der Waals surface area contributed by atoms with E-state index in [1.54, 1.807) is 18.3 Å². The summed E-state index contributed by atoms with van der Waals surface area (Å²) in [5.74, 6) is 5.55. The molecule has 1 aromatic carbocycles. The molecule has 0 aliphatic heterocycles. The molecule has 1 aromatic heterocycles. The molecule has 106 valence electrons. The van der Waals surface area contributed by atoms with Gasteiger partial charge < -0.3 is 11.1 Å². The van der Waals surface area contributed by atoms with Crippen molar-refractivity contribution in [3.63, 3.8) is 0 Å². The number of hydrogen-bond donors (Lipinski definition) is 2. The lowest BCUT2D eigenvalue weighted by molar-refractivity contribution is 0.0949. The van der Waals surface area contributed by atoms with Gasteiger partial charge in [-0.15, -0.1) is 0 Å². The molecule has 0 bridgehead atoms. The second-order valence-corrected chi connectivity index (χ2v) is 4.42. The summed E-state index contributed by atoms with van der Waals surface area (Å²) >= 11 is 0. The van der Waals surface area contributed by atoms with Crippen LogP contribution in [0.3, 0.4) is 0 Å². The monoisotopic (exact) mass is 280 g/mol. The van der Waals surface area contributed by atoms with Gasteiger partial charge in [0.2, 0.25) is 0 Å². The number of aryl methyl sites for hydroxylation is 1. The van der Waals surface area contributed by atoms with Crippen molar-refractivity contribution < 1.29 is 4.79 Å².